The van der Waals surface area contributed by atoms with Crippen molar-refractivity contribution in [2.75, 3.05) is 5.73 Å². The van der Waals surface area contributed by atoms with Crippen molar-refractivity contribution in [2.45, 2.75) is 26.3 Å². The van der Waals surface area contributed by atoms with E-state index < -0.39 is 11.6 Å². The molecule has 0 spiro atoms. The molecule has 1 aromatic heterocycles. The van der Waals surface area contributed by atoms with Gasteiger partial charge in [0.15, 0.2) is 5.75 Å². The number of hydrogen-bond donors (Lipinski definition) is 2. The summed E-state index contributed by atoms with van der Waals surface area (Å²) < 4.78 is 2.42. The zero-order valence-electron chi connectivity index (χ0n) is 13.4. The number of nitrogens with two attached hydrogens (primary N) is 1. The van der Waals surface area contributed by atoms with Gasteiger partial charge in [-0.2, -0.15) is 5.10 Å². The number of halogens is 1. The van der Waals surface area contributed by atoms with Crippen molar-refractivity contribution < 1.29 is 14.7 Å². The van der Waals surface area contributed by atoms with Crippen LogP contribution in [0.5, 0.6) is 5.75 Å². The lowest BCUT2D eigenvalue weighted by Crippen LogP contribution is -2.47. The number of aryl methyl sites for hydroxylation is 1. The van der Waals surface area contributed by atoms with Crippen LogP contribution in [0.3, 0.4) is 0 Å². The van der Waals surface area contributed by atoms with Gasteiger partial charge in [-0.1, -0.05) is 0 Å². The Morgan fingerprint density at radius 2 is 2.09 bits per heavy atom. The summed E-state index contributed by atoms with van der Waals surface area (Å²) in [6, 6.07) is 5.03. The fourth-order valence-corrected chi connectivity index (χ4v) is 2.65. The van der Waals surface area contributed by atoms with E-state index in [9.17, 15) is 9.90 Å². The smallest absolute Gasteiger partial charge is 0.441 e. The lowest BCUT2D eigenvalue weighted by Gasteiger charge is -2.32. The number of nitrogens with zero attached hydrogens (tertiary/aromatic N) is 3. The van der Waals surface area contributed by atoms with Gasteiger partial charge in [0.25, 0.3) is 0 Å². The molecule has 0 unspecified atom stereocenters. The summed E-state index contributed by atoms with van der Waals surface area (Å²) in [6.45, 7) is 5.24. The van der Waals surface area contributed by atoms with Gasteiger partial charge in [-0.25, -0.2) is 4.79 Å². The van der Waals surface area contributed by atoms with Gasteiger partial charge in [0, 0.05) is 18.3 Å². The van der Waals surface area contributed by atoms with Crippen molar-refractivity contribution in [3.63, 3.8) is 0 Å². The second-order valence-corrected chi connectivity index (χ2v) is 6.91. The highest BCUT2D eigenvalue weighted by molar-refractivity contribution is 9.10. The molecule has 23 heavy (non-hydrogen) atoms. The monoisotopic (exact) mass is 382 g/mol. The minimum atomic E-state index is -1.18. The van der Waals surface area contributed by atoms with E-state index in [4.69, 9.17) is 10.6 Å². The Balaban J connectivity index is 2.54. The fourth-order valence-electron chi connectivity index (χ4n) is 2.09. The normalized spacial score (nSPS) is 11.3. The molecule has 0 aliphatic carbocycles. The first-order valence-corrected chi connectivity index (χ1v) is 7.69. The van der Waals surface area contributed by atoms with Crippen LogP contribution in [0.4, 0.5) is 10.5 Å². The van der Waals surface area contributed by atoms with Crippen LogP contribution in [0.1, 0.15) is 20.8 Å². The molecule has 1 heterocycles. The zero-order valence-corrected chi connectivity index (χ0v) is 15.0. The Hall–Kier alpha value is -2.22. The predicted molar refractivity (Wildman–Crippen MR) is 91.0 cm³/mol. The lowest BCUT2D eigenvalue weighted by atomic mass is 10.1. The van der Waals surface area contributed by atoms with Crippen LogP contribution >= 0.6 is 15.9 Å². The van der Waals surface area contributed by atoms with Crippen molar-refractivity contribution in [1.82, 2.24) is 14.8 Å². The summed E-state index contributed by atoms with van der Waals surface area (Å²) >= 11 is 3.44. The van der Waals surface area contributed by atoms with Gasteiger partial charge < -0.3 is 15.7 Å². The average Bonchev–Trinajstić information content (AvgIpc) is 2.74. The van der Waals surface area contributed by atoms with E-state index in [1.807, 2.05) is 0 Å². The van der Waals surface area contributed by atoms with Crippen LogP contribution in [0.15, 0.2) is 28.9 Å². The third-order valence-corrected chi connectivity index (χ3v) is 3.71. The van der Waals surface area contributed by atoms with Gasteiger partial charge in [-0.15, -0.1) is 5.06 Å². The van der Waals surface area contributed by atoms with E-state index in [1.165, 1.54) is 0 Å². The molecular formula is C15H19BrN4O3. The van der Waals surface area contributed by atoms with E-state index in [1.54, 1.807) is 56.9 Å². The molecule has 7 nitrogen and oxygen atoms in total. The van der Waals surface area contributed by atoms with Crippen LogP contribution in [-0.2, 0) is 7.05 Å². The summed E-state index contributed by atoms with van der Waals surface area (Å²) in [5.41, 5.74) is 7.08. The molecule has 0 aliphatic rings. The van der Waals surface area contributed by atoms with Crippen molar-refractivity contribution >= 4 is 27.7 Å². The Bertz CT molecular complexity index is 717. The zero-order chi connectivity index (χ0) is 17.4. The van der Waals surface area contributed by atoms with Crippen molar-refractivity contribution in [2.24, 2.45) is 7.05 Å². The Morgan fingerprint density at radius 1 is 1.43 bits per heavy atom. The van der Waals surface area contributed by atoms with Gasteiger partial charge >= 0.3 is 6.09 Å². The molecule has 0 fully saturated rings. The third-order valence-electron chi connectivity index (χ3n) is 3.13. The third kappa shape index (κ3) is 3.58. The molecule has 2 aromatic rings. The summed E-state index contributed by atoms with van der Waals surface area (Å²) in [5.74, 6) is 0.376. The molecule has 124 valence electrons. The highest BCUT2D eigenvalue weighted by atomic mass is 79.9. The topological polar surface area (TPSA) is 93.6 Å². The van der Waals surface area contributed by atoms with Gasteiger partial charge in [0.05, 0.1) is 21.9 Å². The number of benzene rings is 1. The fraction of sp³-hybridized carbons (Fsp3) is 0.333. The Labute approximate surface area is 142 Å². The number of hydrogen-bond acceptors (Lipinski definition) is 4. The number of hydroxylamine groups is 2. The average molecular weight is 383 g/mol. The molecule has 2 rings (SSSR count). The number of anilines is 1. The summed E-state index contributed by atoms with van der Waals surface area (Å²) in [5, 5.41) is 14.5. The Morgan fingerprint density at radius 3 is 2.57 bits per heavy atom. The van der Waals surface area contributed by atoms with E-state index in [2.05, 4.69) is 21.0 Å². The van der Waals surface area contributed by atoms with Crippen LogP contribution in [0, 0.1) is 0 Å². The van der Waals surface area contributed by atoms with Gasteiger partial charge in [-0.05, 0) is 54.9 Å². The van der Waals surface area contributed by atoms with E-state index in [-0.39, 0.29) is 0 Å². The first kappa shape index (κ1) is 17.1. The van der Waals surface area contributed by atoms with E-state index >= 15 is 0 Å². The summed E-state index contributed by atoms with van der Waals surface area (Å²) in [6.07, 6.45) is 0.477. The minimum absolute atomic E-state index is 0.376. The molecule has 0 aliphatic heterocycles. The summed E-state index contributed by atoms with van der Waals surface area (Å²) in [4.78, 5) is 17.2. The second kappa shape index (κ2) is 6.11. The number of carboxylic acid groups (broad SMARTS) is 1. The largest absolute Gasteiger partial charge is 0.463 e. The van der Waals surface area contributed by atoms with Crippen molar-refractivity contribution in [1.29, 1.82) is 0 Å². The van der Waals surface area contributed by atoms with Gasteiger partial charge in [0.1, 0.15) is 0 Å². The molecule has 0 saturated heterocycles. The molecule has 0 atom stereocenters. The highest BCUT2D eigenvalue weighted by Gasteiger charge is 2.30. The maximum atomic E-state index is 11.5. The van der Waals surface area contributed by atoms with Crippen molar-refractivity contribution in [3.05, 3.63) is 28.9 Å². The number of carbonyl (C=O) groups is 1. The van der Waals surface area contributed by atoms with E-state index in [0.29, 0.717) is 17.0 Å². The van der Waals surface area contributed by atoms with Crippen LogP contribution in [0.25, 0.3) is 11.3 Å². The van der Waals surface area contributed by atoms with Gasteiger partial charge in [-0.3, -0.25) is 4.68 Å². The SMILES string of the molecule is Cn1ncc(Br)c1-c1cc(N)ccc1ON(C(=O)O)C(C)(C)C. The standard InChI is InChI=1S/C15H19BrN4O3/c1-15(2,3)20(14(21)22)23-12-6-5-9(17)7-10(12)13-11(16)8-18-19(13)4/h5-8H,17H2,1-4H3,(H,21,22). The molecule has 0 bridgehead atoms. The lowest BCUT2D eigenvalue weighted by molar-refractivity contribution is -0.0953. The Kier molecular flexibility index (Phi) is 4.56. The minimum Gasteiger partial charge on any atom is -0.463 e. The highest BCUT2D eigenvalue weighted by Crippen LogP contribution is 2.37. The van der Waals surface area contributed by atoms with Crippen molar-refractivity contribution in [3.8, 4) is 17.0 Å². The quantitative estimate of drug-likeness (QED) is 0.625. The molecule has 0 saturated carbocycles. The molecule has 1 amide bonds. The van der Waals surface area contributed by atoms with Crippen LogP contribution < -0.4 is 10.6 Å². The molecule has 1 aromatic carbocycles. The molecule has 0 radical (unpaired) electrons. The number of nitrogen functional groups attached to an aromatic ring is 1. The molecule has 8 heteroatoms. The second-order valence-electron chi connectivity index (χ2n) is 6.06. The molecular weight excluding hydrogens is 364 g/mol. The van der Waals surface area contributed by atoms with Crippen LogP contribution in [0.2, 0.25) is 0 Å². The number of rotatable bonds is 3. The maximum Gasteiger partial charge on any atom is 0.441 e. The molecule has 3 N–H and O–H groups in total. The van der Waals surface area contributed by atoms with E-state index in [0.717, 1.165) is 15.2 Å². The number of aromatic nitrogens is 2. The first-order valence-electron chi connectivity index (χ1n) is 6.90. The van der Waals surface area contributed by atoms with Crippen LogP contribution in [-0.4, -0.2) is 31.6 Å². The predicted octanol–water partition coefficient (Wildman–Crippen LogP) is 3.50. The summed E-state index contributed by atoms with van der Waals surface area (Å²) in [7, 11) is 1.78. The number of amides is 1. The maximum absolute atomic E-state index is 11.5. The van der Waals surface area contributed by atoms with Gasteiger partial charge in [0.2, 0.25) is 0 Å². The first-order chi connectivity index (χ1) is 10.6.